The summed E-state index contributed by atoms with van der Waals surface area (Å²) >= 11 is 0. The highest BCUT2D eigenvalue weighted by molar-refractivity contribution is 5.86. The summed E-state index contributed by atoms with van der Waals surface area (Å²) < 4.78 is 5.25. The molecule has 1 heterocycles. The van der Waals surface area contributed by atoms with Crippen molar-refractivity contribution in [3.8, 4) is 0 Å². The zero-order valence-electron chi connectivity index (χ0n) is 11.2. The van der Waals surface area contributed by atoms with Crippen LogP contribution < -0.4 is 5.73 Å². The van der Waals surface area contributed by atoms with Crippen LogP contribution in [0.4, 0.5) is 0 Å². The van der Waals surface area contributed by atoms with E-state index in [1.807, 2.05) is 19.0 Å². The number of hydrogen-bond acceptors (Lipinski definition) is 4. The molecular formula is C12H25N3O2. The first-order chi connectivity index (χ1) is 7.99. The molecule has 0 radical (unpaired) electrons. The number of carbonyl (C=O) groups excluding carboxylic acids is 1. The first-order valence-corrected chi connectivity index (χ1v) is 6.30. The predicted octanol–water partition coefficient (Wildman–Crippen LogP) is -0.0956. The topological polar surface area (TPSA) is 58.8 Å². The third-order valence-corrected chi connectivity index (χ3v) is 3.08. The molecule has 17 heavy (non-hydrogen) atoms. The minimum Gasteiger partial charge on any atom is -0.379 e. The quantitative estimate of drug-likeness (QED) is 0.708. The number of carbonyl (C=O) groups is 1. The second kappa shape index (κ2) is 6.33. The predicted molar refractivity (Wildman–Crippen MR) is 67.8 cm³/mol. The van der Waals surface area contributed by atoms with Crippen molar-refractivity contribution in [2.75, 3.05) is 46.9 Å². The Hall–Kier alpha value is -0.650. The SMILES string of the molecule is CCCN(CCN(C)C)C(=O)C1(N)CCOC1. The summed E-state index contributed by atoms with van der Waals surface area (Å²) in [6.45, 7) is 5.39. The van der Waals surface area contributed by atoms with E-state index in [1.54, 1.807) is 0 Å². The Morgan fingerprint density at radius 1 is 1.35 bits per heavy atom. The van der Waals surface area contributed by atoms with Crippen molar-refractivity contribution >= 4 is 5.91 Å². The van der Waals surface area contributed by atoms with Gasteiger partial charge in [0.05, 0.1) is 6.61 Å². The van der Waals surface area contributed by atoms with Crippen molar-refractivity contribution in [2.45, 2.75) is 25.3 Å². The van der Waals surface area contributed by atoms with Crippen LogP contribution in [0.15, 0.2) is 0 Å². The first-order valence-electron chi connectivity index (χ1n) is 6.30. The molecule has 0 aliphatic carbocycles. The number of hydrogen-bond donors (Lipinski definition) is 1. The molecule has 0 aromatic heterocycles. The van der Waals surface area contributed by atoms with E-state index >= 15 is 0 Å². The van der Waals surface area contributed by atoms with Gasteiger partial charge in [-0.1, -0.05) is 6.92 Å². The lowest BCUT2D eigenvalue weighted by molar-refractivity contribution is -0.137. The Morgan fingerprint density at radius 3 is 2.53 bits per heavy atom. The zero-order valence-corrected chi connectivity index (χ0v) is 11.2. The van der Waals surface area contributed by atoms with Crippen LogP contribution in [0.1, 0.15) is 19.8 Å². The van der Waals surface area contributed by atoms with Gasteiger partial charge in [-0.3, -0.25) is 4.79 Å². The molecule has 1 aliphatic rings. The highest BCUT2D eigenvalue weighted by Crippen LogP contribution is 2.18. The molecule has 0 aromatic rings. The molecule has 0 aromatic carbocycles. The van der Waals surface area contributed by atoms with Gasteiger partial charge in [0.2, 0.25) is 5.91 Å². The van der Waals surface area contributed by atoms with Gasteiger partial charge < -0.3 is 20.3 Å². The molecule has 1 aliphatic heterocycles. The maximum Gasteiger partial charge on any atom is 0.245 e. The molecule has 5 nitrogen and oxygen atoms in total. The Balaban J connectivity index is 2.59. The van der Waals surface area contributed by atoms with Crippen molar-refractivity contribution in [3.05, 3.63) is 0 Å². The van der Waals surface area contributed by atoms with E-state index in [1.165, 1.54) is 0 Å². The molecule has 1 fully saturated rings. The van der Waals surface area contributed by atoms with Gasteiger partial charge in [0.15, 0.2) is 0 Å². The number of nitrogens with two attached hydrogens (primary N) is 1. The smallest absolute Gasteiger partial charge is 0.245 e. The fraction of sp³-hybridized carbons (Fsp3) is 0.917. The Bertz CT molecular complexity index is 250. The summed E-state index contributed by atoms with van der Waals surface area (Å²) in [5.74, 6) is 0.0405. The third-order valence-electron chi connectivity index (χ3n) is 3.08. The number of likely N-dealkylation sites (N-methyl/N-ethyl adjacent to an activating group) is 1. The molecule has 0 saturated carbocycles. The van der Waals surface area contributed by atoms with Gasteiger partial charge in [0, 0.05) is 26.2 Å². The molecule has 1 unspecified atom stereocenters. The van der Waals surface area contributed by atoms with Crippen molar-refractivity contribution in [1.29, 1.82) is 0 Å². The van der Waals surface area contributed by atoms with Crippen LogP contribution in [-0.4, -0.2) is 68.2 Å². The monoisotopic (exact) mass is 243 g/mol. The lowest BCUT2D eigenvalue weighted by atomic mass is 9.98. The Kier molecular flexibility index (Phi) is 5.36. The second-order valence-corrected chi connectivity index (χ2v) is 5.05. The number of nitrogens with zero attached hydrogens (tertiary/aromatic N) is 2. The summed E-state index contributed by atoms with van der Waals surface area (Å²) in [5.41, 5.74) is 5.32. The van der Waals surface area contributed by atoms with Crippen LogP contribution in [0.25, 0.3) is 0 Å². The van der Waals surface area contributed by atoms with Gasteiger partial charge in [-0.2, -0.15) is 0 Å². The molecule has 2 N–H and O–H groups in total. The van der Waals surface area contributed by atoms with E-state index in [-0.39, 0.29) is 5.91 Å². The van der Waals surface area contributed by atoms with Gasteiger partial charge >= 0.3 is 0 Å². The molecule has 1 amide bonds. The number of amides is 1. The summed E-state index contributed by atoms with van der Waals surface area (Å²) in [5, 5.41) is 0. The minimum atomic E-state index is -0.790. The van der Waals surface area contributed by atoms with Crippen LogP contribution in [0.3, 0.4) is 0 Å². The van der Waals surface area contributed by atoms with Crippen LogP contribution in [0.5, 0.6) is 0 Å². The number of rotatable bonds is 6. The highest BCUT2D eigenvalue weighted by atomic mass is 16.5. The summed E-state index contributed by atoms with van der Waals surface area (Å²) in [7, 11) is 4.01. The average molecular weight is 243 g/mol. The summed E-state index contributed by atoms with van der Waals surface area (Å²) in [4.78, 5) is 16.3. The first kappa shape index (κ1) is 14.4. The van der Waals surface area contributed by atoms with Crippen LogP contribution >= 0.6 is 0 Å². The summed E-state index contributed by atoms with van der Waals surface area (Å²) in [6, 6.07) is 0. The van der Waals surface area contributed by atoms with Crippen molar-refractivity contribution in [2.24, 2.45) is 5.73 Å². The second-order valence-electron chi connectivity index (χ2n) is 5.05. The summed E-state index contributed by atoms with van der Waals surface area (Å²) in [6.07, 6.45) is 1.59. The van der Waals surface area contributed by atoms with E-state index in [2.05, 4.69) is 11.8 Å². The maximum absolute atomic E-state index is 12.4. The minimum absolute atomic E-state index is 0.0405. The van der Waals surface area contributed by atoms with Crippen molar-refractivity contribution in [1.82, 2.24) is 9.80 Å². The van der Waals surface area contributed by atoms with Crippen molar-refractivity contribution in [3.63, 3.8) is 0 Å². The normalized spacial score (nSPS) is 24.3. The lowest BCUT2D eigenvalue weighted by Crippen LogP contribution is -2.57. The Labute approximate surface area is 104 Å². The maximum atomic E-state index is 12.4. The van der Waals surface area contributed by atoms with E-state index in [0.717, 1.165) is 26.1 Å². The molecule has 100 valence electrons. The fourth-order valence-electron chi connectivity index (χ4n) is 1.97. The molecule has 1 atom stereocenters. The lowest BCUT2D eigenvalue weighted by Gasteiger charge is -2.31. The van der Waals surface area contributed by atoms with E-state index in [4.69, 9.17) is 10.5 Å². The van der Waals surface area contributed by atoms with Crippen LogP contribution in [0, 0.1) is 0 Å². The van der Waals surface area contributed by atoms with Crippen molar-refractivity contribution < 1.29 is 9.53 Å². The Morgan fingerprint density at radius 2 is 2.06 bits per heavy atom. The molecule has 5 heteroatoms. The molecule has 0 bridgehead atoms. The van der Waals surface area contributed by atoms with E-state index in [0.29, 0.717) is 19.6 Å². The van der Waals surface area contributed by atoms with Gasteiger partial charge in [0.1, 0.15) is 5.54 Å². The molecule has 0 spiro atoms. The molecule has 1 rings (SSSR count). The van der Waals surface area contributed by atoms with Gasteiger partial charge in [-0.25, -0.2) is 0 Å². The standard InChI is InChI=1S/C12H25N3O2/c1-4-6-15(8-7-14(2)3)11(16)12(13)5-9-17-10-12/h4-10,13H2,1-3H3. The molecular weight excluding hydrogens is 218 g/mol. The fourth-order valence-corrected chi connectivity index (χ4v) is 1.97. The van der Waals surface area contributed by atoms with Gasteiger partial charge in [0.25, 0.3) is 0 Å². The number of ether oxygens (including phenoxy) is 1. The average Bonchev–Trinajstić information content (AvgIpc) is 2.71. The third kappa shape index (κ3) is 3.94. The van der Waals surface area contributed by atoms with E-state index in [9.17, 15) is 4.79 Å². The van der Waals surface area contributed by atoms with Crippen LogP contribution in [0.2, 0.25) is 0 Å². The van der Waals surface area contributed by atoms with Gasteiger partial charge in [-0.05, 0) is 26.9 Å². The molecule has 1 saturated heterocycles. The van der Waals surface area contributed by atoms with Crippen LogP contribution in [-0.2, 0) is 9.53 Å². The van der Waals surface area contributed by atoms with E-state index < -0.39 is 5.54 Å². The van der Waals surface area contributed by atoms with Gasteiger partial charge in [-0.15, -0.1) is 0 Å². The zero-order chi connectivity index (χ0) is 12.9. The largest absolute Gasteiger partial charge is 0.379 e. The highest BCUT2D eigenvalue weighted by Gasteiger charge is 2.40.